The summed E-state index contributed by atoms with van der Waals surface area (Å²) in [4.78, 5) is 23.8. The minimum absolute atomic E-state index is 0.0184. The Morgan fingerprint density at radius 1 is 1.35 bits per heavy atom. The van der Waals surface area contributed by atoms with Crippen LogP contribution in [0.2, 0.25) is 0 Å². The molecule has 3 aromatic rings. The molecule has 0 bridgehead atoms. The lowest BCUT2D eigenvalue weighted by molar-refractivity contribution is -0.387. The van der Waals surface area contributed by atoms with Crippen LogP contribution in [0.1, 0.15) is 21.0 Å². The summed E-state index contributed by atoms with van der Waals surface area (Å²) in [6.45, 7) is 0. The fourth-order valence-corrected chi connectivity index (χ4v) is 3.57. The average Bonchev–Trinajstić information content (AvgIpc) is 3.34. The largest absolute Gasteiger partial charge is 0.468 e. The van der Waals surface area contributed by atoms with Gasteiger partial charge in [-0.3, -0.25) is 14.9 Å². The van der Waals surface area contributed by atoms with E-state index >= 15 is 0 Å². The maximum absolute atomic E-state index is 11.8. The smallest absolute Gasteiger partial charge is 0.283 e. The molecule has 0 saturated carbocycles. The molecule has 26 heavy (non-hydrogen) atoms. The van der Waals surface area contributed by atoms with E-state index in [1.807, 2.05) is 6.07 Å². The predicted octanol–water partition coefficient (Wildman–Crippen LogP) is 4.31. The summed E-state index contributed by atoms with van der Waals surface area (Å²) in [6.07, 6.45) is 2.94. The van der Waals surface area contributed by atoms with Crippen molar-refractivity contribution in [3.05, 3.63) is 80.4 Å². The van der Waals surface area contributed by atoms with E-state index in [-0.39, 0.29) is 11.6 Å². The van der Waals surface area contributed by atoms with Gasteiger partial charge in [-0.25, -0.2) is 5.43 Å². The van der Waals surface area contributed by atoms with Crippen LogP contribution in [0.5, 0.6) is 0 Å². The molecule has 0 radical (unpaired) electrons. The molecular weight excluding hydrogens is 374 g/mol. The summed E-state index contributed by atoms with van der Waals surface area (Å²) in [6, 6.07) is 11.8. The normalized spacial score (nSPS) is 10.9. The first kappa shape index (κ1) is 17.9. The van der Waals surface area contributed by atoms with Crippen LogP contribution in [0, 0.1) is 10.1 Å². The molecular formula is C17H13N3O4S2. The van der Waals surface area contributed by atoms with Gasteiger partial charge in [-0.05, 0) is 29.6 Å². The average molecular weight is 387 g/mol. The van der Waals surface area contributed by atoms with Crippen LogP contribution >= 0.6 is 23.1 Å². The van der Waals surface area contributed by atoms with Crippen molar-refractivity contribution >= 4 is 40.9 Å². The molecule has 1 aromatic carbocycles. The topological polar surface area (TPSA) is 97.7 Å². The third-order valence-corrected chi connectivity index (χ3v) is 5.21. The Hall–Kier alpha value is -2.91. The second kappa shape index (κ2) is 8.45. The fourth-order valence-electron chi connectivity index (χ4n) is 2.05. The van der Waals surface area contributed by atoms with Crippen molar-refractivity contribution in [1.82, 2.24) is 5.43 Å². The predicted molar refractivity (Wildman–Crippen MR) is 101 cm³/mol. The summed E-state index contributed by atoms with van der Waals surface area (Å²) in [5.74, 6) is 0.917. The molecule has 0 spiro atoms. The van der Waals surface area contributed by atoms with Gasteiger partial charge < -0.3 is 4.42 Å². The number of hydrazone groups is 1. The van der Waals surface area contributed by atoms with E-state index in [1.54, 1.807) is 42.0 Å². The fraction of sp³-hybridized carbons (Fsp3) is 0.0588. The Kier molecular flexibility index (Phi) is 5.82. The van der Waals surface area contributed by atoms with Crippen molar-refractivity contribution in [3.8, 4) is 0 Å². The van der Waals surface area contributed by atoms with Gasteiger partial charge >= 0.3 is 0 Å². The first-order valence-corrected chi connectivity index (χ1v) is 9.30. The zero-order valence-electron chi connectivity index (χ0n) is 13.3. The molecule has 3 rings (SSSR count). The molecule has 132 valence electrons. The Morgan fingerprint density at radius 3 is 2.92 bits per heavy atom. The Bertz CT molecular complexity index is 922. The van der Waals surface area contributed by atoms with Gasteiger partial charge in [0, 0.05) is 11.6 Å². The number of furan rings is 1. The van der Waals surface area contributed by atoms with Crippen molar-refractivity contribution in [2.75, 3.05) is 0 Å². The van der Waals surface area contributed by atoms with Crippen molar-refractivity contribution in [2.45, 2.75) is 10.6 Å². The number of hydrogen-bond donors (Lipinski definition) is 1. The highest BCUT2D eigenvalue weighted by Crippen LogP contribution is 2.32. The zero-order chi connectivity index (χ0) is 18.4. The third kappa shape index (κ3) is 4.58. The second-order valence-corrected chi connectivity index (χ2v) is 6.99. The molecule has 0 unspecified atom stereocenters. The third-order valence-electron chi connectivity index (χ3n) is 3.25. The maximum atomic E-state index is 11.8. The van der Waals surface area contributed by atoms with Gasteiger partial charge in [-0.15, -0.1) is 23.1 Å². The minimum Gasteiger partial charge on any atom is -0.468 e. The van der Waals surface area contributed by atoms with E-state index in [0.29, 0.717) is 21.1 Å². The molecule has 0 aliphatic carbocycles. The van der Waals surface area contributed by atoms with Crippen LogP contribution in [0.4, 0.5) is 5.69 Å². The van der Waals surface area contributed by atoms with Crippen molar-refractivity contribution in [3.63, 3.8) is 0 Å². The van der Waals surface area contributed by atoms with Crippen molar-refractivity contribution < 1.29 is 14.1 Å². The standard InChI is InChI=1S/C17H13N3O4S2/c21-17(16-4-2-8-25-16)19-18-10-12-5-6-15(14(9-12)20(22)23)26-11-13-3-1-7-24-13/h1-10H,11H2,(H,19,21)/b18-10-. The number of carbonyl (C=O) groups excluding carboxylic acids is 1. The van der Waals surface area contributed by atoms with E-state index in [4.69, 9.17) is 4.42 Å². The molecule has 0 aliphatic rings. The summed E-state index contributed by atoms with van der Waals surface area (Å²) in [7, 11) is 0. The Labute approximate surface area is 156 Å². The number of thiophene rings is 1. The van der Waals surface area contributed by atoms with Gasteiger partial charge in [0.15, 0.2) is 0 Å². The van der Waals surface area contributed by atoms with Crippen LogP contribution in [0.3, 0.4) is 0 Å². The number of thioether (sulfide) groups is 1. The lowest BCUT2D eigenvalue weighted by Crippen LogP contribution is -2.16. The van der Waals surface area contributed by atoms with Crippen LogP contribution < -0.4 is 5.43 Å². The van der Waals surface area contributed by atoms with Crippen LogP contribution in [0.25, 0.3) is 0 Å². The van der Waals surface area contributed by atoms with E-state index in [2.05, 4.69) is 10.5 Å². The van der Waals surface area contributed by atoms with E-state index in [1.165, 1.54) is 35.4 Å². The highest BCUT2D eigenvalue weighted by Gasteiger charge is 2.15. The molecule has 0 aliphatic heterocycles. The number of carbonyl (C=O) groups is 1. The quantitative estimate of drug-likeness (QED) is 0.282. The van der Waals surface area contributed by atoms with Gasteiger partial charge in [0.2, 0.25) is 0 Å². The number of nitrogens with one attached hydrogen (secondary N) is 1. The second-order valence-electron chi connectivity index (χ2n) is 5.03. The molecule has 2 heterocycles. The number of rotatable bonds is 7. The summed E-state index contributed by atoms with van der Waals surface area (Å²) < 4.78 is 5.23. The molecule has 1 N–H and O–H groups in total. The summed E-state index contributed by atoms with van der Waals surface area (Å²) in [5, 5.41) is 17.0. The Balaban J connectivity index is 1.68. The number of benzene rings is 1. The van der Waals surface area contributed by atoms with Gasteiger partial charge in [0.25, 0.3) is 11.6 Å². The lowest BCUT2D eigenvalue weighted by atomic mass is 10.2. The molecule has 7 nitrogen and oxygen atoms in total. The van der Waals surface area contributed by atoms with Crippen molar-refractivity contribution in [1.29, 1.82) is 0 Å². The number of nitro benzene ring substituents is 1. The van der Waals surface area contributed by atoms with Gasteiger partial charge in [-0.2, -0.15) is 5.10 Å². The first-order valence-electron chi connectivity index (χ1n) is 7.44. The van der Waals surface area contributed by atoms with Gasteiger partial charge in [-0.1, -0.05) is 12.1 Å². The van der Waals surface area contributed by atoms with E-state index in [0.717, 1.165) is 5.76 Å². The highest BCUT2D eigenvalue weighted by atomic mass is 32.2. The lowest BCUT2D eigenvalue weighted by Gasteiger charge is -2.03. The number of nitro groups is 1. The monoisotopic (exact) mass is 387 g/mol. The van der Waals surface area contributed by atoms with E-state index in [9.17, 15) is 14.9 Å². The molecule has 0 fully saturated rings. The number of amides is 1. The minimum atomic E-state index is -0.438. The van der Waals surface area contributed by atoms with Gasteiger partial charge in [0.1, 0.15) is 5.76 Å². The Morgan fingerprint density at radius 2 is 2.23 bits per heavy atom. The molecule has 2 aromatic heterocycles. The van der Waals surface area contributed by atoms with Crippen LogP contribution in [-0.2, 0) is 5.75 Å². The first-order chi connectivity index (χ1) is 12.6. The van der Waals surface area contributed by atoms with Crippen LogP contribution in [0.15, 0.2) is 68.5 Å². The summed E-state index contributed by atoms with van der Waals surface area (Å²) in [5.41, 5.74) is 2.89. The maximum Gasteiger partial charge on any atom is 0.283 e. The SMILES string of the molecule is O=C(N/N=C\c1ccc(SCc2ccco2)c([N+](=O)[O-])c1)c1cccs1. The van der Waals surface area contributed by atoms with Crippen molar-refractivity contribution in [2.24, 2.45) is 5.10 Å². The highest BCUT2D eigenvalue weighted by molar-refractivity contribution is 7.98. The molecule has 1 amide bonds. The van der Waals surface area contributed by atoms with E-state index < -0.39 is 4.92 Å². The van der Waals surface area contributed by atoms with Gasteiger partial charge in [0.05, 0.1) is 32.9 Å². The number of hydrogen-bond acceptors (Lipinski definition) is 7. The molecule has 0 saturated heterocycles. The molecule has 0 atom stereocenters. The number of nitrogens with zero attached hydrogens (tertiary/aromatic N) is 2. The zero-order valence-corrected chi connectivity index (χ0v) is 15.0. The summed E-state index contributed by atoms with van der Waals surface area (Å²) >= 11 is 2.62. The molecule has 9 heteroatoms. The van der Waals surface area contributed by atoms with Crippen LogP contribution in [-0.4, -0.2) is 17.0 Å².